The van der Waals surface area contributed by atoms with Gasteiger partial charge in [-0.15, -0.1) is 0 Å². The van der Waals surface area contributed by atoms with E-state index in [1.165, 1.54) is 38.5 Å². The third-order valence-electron chi connectivity index (χ3n) is 4.33. The Morgan fingerprint density at radius 2 is 1.63 bits per heavy atom. The highest BCUT2D eigenvalue weighted by atomic mass is 16.6. The van der Waals surface area contributed by atoms with Crippen LogP contribution in [0.15, 0.2) is 24.3 Å². The normalized spacial score (nSPS) is 32.2. The average molecular weight is 262 g/mol. The van der Waals surface area contributed by atoms with Gasteiger partial charge in [-0.1, -0.05) is 44.4 Å². The Kier molecular flexibility index (Phi) is 5.68. The summed E-state index contributed by atoms with van der Waals surface area (Å²) in [5.74, 6) is 0.120. The first-order valence-electron chi connectivity index (χ1n) is 7.84. The molecule has 0 unspecified atom stereocenters. The van der Waals surface area contributed by atoms with Crippen LogP contribution in [0.2, 0.25) is 0 Å². The highest BCUT2D eigenvalue weighted by Crippen LogP contribution is 2.34. The molecule has 0 aromatic rings. The lowest BCUT2D eigenvalue weighted by molar-refractivity contribution is -0.139. The van der Waals surface area contributed by atoms with Gasteiger partial charge in [0.2, 0.25) is 0 Å². The number of hydrogen-bond acceptors (Lipinski definition) is 2. The molecule has 1 saturated heterocycles. The summed E-state index contributed by atoms with van der Waals surface area (Å²) in [6.07, 6.45) is 16.6. The molecule has 0 saturated carbocycles. The number of carbonyl (C=O) groups excluding carboxylic acids is 1. The molecule has 2 rings (SSSR count). The number of rotatable bonds is 0. The Morgan fingerprint density at radius 3 is 2.47 bits per heavy atom. The van der Waals surface area contributed by atoms with E-state index in [4.69, 9.17) is 4.74 Å². The molecule has 0 spiro atoms. The Morgan fingerprint density at radius 1 is 0.947 bits per heavy atom. The highest BCUT2D eigenvalue weighted by molar-refractivity contribution is 5.90. The lowest BCUT2D eigenvalue weighted by Crippen LogP contribution is -2.16. The van der Waals surface area contributed by atoms with Crippen molar-refractivity contribution in [1.29, 1.82) is 0 Å². The van der Waals surface area contributed by atoms with Crippen molar-refractivity contribution in [3.8, 4) is 0 Å². The van der Waals surface area contributed by atoms with Gasteiger partial charge in [-0.25, -0.2) is 4.79 Å². The largest absolute Gasteiger partial charge is 0.458 e. The maximum absolute atomic E-state index is 11.6. The van der Waals surface area contributed by atoms with Crippen molar-refractivity contribution in [3.05, 3.63) is 24.3 Å². The fourth-order valence-corrected chi connectivity index (χ4v) is 3.12. The quantitative estimate of drug-likeness (QED) is 0.363. The Hall–Kier alpha value is -1.05. The van der Waals surface area contributed by atoms with E-state index < -0.39 is 0 Å². The van der Waals surface area contributed by atoms with Crippen LogP contribution in [0, 0.1) is 5.92 Å². The molecule has 0 bridgehead atoms. The molecular formula is C17H26O2. The van der Waals surface area contributed by atoms with Gasteiger partial charge in [-0.05, 0) is 38.5 Å². The lowest BCUT2D eigenvalue weighted by Gasteiger charge is -2.17. The van der Waals surface area contributed by atoms with Crippen molar-refractivity contribution in [3.63, 3.8) is 0 Å². The van der Waals surface area contributed by atoms with Crippen LogP contribution in [0.3, 0.4) is 0 Å². The number of esters is 1. The number of fused-ring (bicyclic) bond motifs is 1. The van der Waals surface area contributed by atoms with E-state index in [9.17, 15) is 4.79 Å². The summed E-state index contributed by atoms with van der Waals surface area (Å²) >= 11 is 0. The monoisotopic (exact) mass is 262 g/mol. The zero-order chi connectivity index (χ0) is 13.5. The van der Waals surface area contributed by atoms with E-state index in [0.717, 1.165) is 25.7 Å². The molecule has 0 amide bonds. The second-order valence-corrected chi connectivity index (χ2v) is 5.82. The van der Waals surface area contributed by atoms with E-state index >= 15 is 0 Å². The van der Waals surface area contributed by atoms with Crippen molar-refractivity contribution in [1.82, 2.24) is 0 Å². The van der Waals surface area contributed by atoms with Crippen LogP contribution in [0.25, 0.3) is 0 Å². The minimum atomic E-state index is -0.158. The molecule has 0 N–H and O–H groups in total. The van der Waals surface area contributed by atoms with Crippen LogP contribution in [-0.2, 0) is 9.53 Å². The fourth-order valence-electron chi connectivity index (χ4n) is 3.12. The fraction of sp³-hybridized carbons (Fsp3) is 0.706. The topological polar surface area (TPSA) is 26.3 Å². The number of allylic oxidation sites excluding steroid dienone is 2. The zero-order valence-corrected chi connectivity index (χ0v) is 11.9. The van der Waals surface area contributed by atoms with Crippen LogP contribution in [0.5, 0.6) is 0 Å². The van der Waals surface area contributed by atoms with Crippen molar-refractivity contribution in [2.75, 3.05) is 0 Å². The van der Waals surface area contributed by atoms with Crippen molar-refractivity contribution in [2.45, 2.75) is 70.3 Å². The number of ether oxygens (including phenoxy) is 1. The summed E-state index contributed by atoms with van der Waals surface area (Å²) < 4.78 is 5.47. The maximum atomic E-state index is 11.6. The molecule has 1 heterocycles. The van der Waals surface area contributed by atoms with Gasteiger partial charge in [0, 0.05) is 11.5 Å². The van der Waals surface area contributed by atoms with Crippen molar-refractivity contribution >= 4 is 5.97 Å². The predicted molar refractivity (Wildman–Crippen MR) is 77.8 cm³/mol. The predicted octanol–water partition coefficient (Wildman–Crippen LogP) is 4.56. The van der Waals surface area contributed by atoms with Crippen LogP contribution in [0.1, 0.15) is 64.2 Å². The number of carbonyl (C=O) groups is 1. The van der Waals surface area contributed by atoms with Gasteiger partial charge in [0.1, 0.15) is 6.10 Å². The smallest absolute Gasteiger partial charge is 0.334 e. The molecule has 2 heteroatoms. The zero-order valence-electron chi connectivity index (χ0n) is 11.9. The first-order chi connectivity index (χ1) is 9.29. The molecule has 2 aliphatic rings. The molecule has 0 radical (unpaired) electrons. The van der Waals surface area contributed by atoms with Gasteiger partial charge >= 0.3 is 5.97 Å². The minimum Gasteiger partial charge on any atom is -0.458 e. The Balaban J connectivity index is 1.92. The molecule has 1 fully saturated rings. The van der Waals surface area contributed by atoms with Crippen LogP contribution >= 0.6 is 0 Å². The molecule has 0 aromatic carbocycles. The third kappa shape index (κ3) is 4.22. The molecular weight excluding hydrogens is 236 g/mol. The molecule has 1 aliphatic carbocycles. The lowest BCUT2D eigenvalue weighted by atomic mass is 9.88. The molecule has 2 nitrogen and oxygen atoms in total. The van der Waals surface area contributed by atoms with Gasteiger partial charge in [-0.2, -0.15) is 0 Å². The molecule has 1 aliphatic heterocycles. The van der Waals surface area contributed by atoms with Crippen LogP contribution < -0.4 is 0 Å². The molecule has 106 valence electrons. The van der Waals surface area contributed by atoms with Crippen LogP contribution in [-0.4, -0.2) is 12.1 Å². The Bertz CT molecular complexity index is 343. The van der Waals surface area contributed by atoms with E-state index in [1.54, 1.807) is 0 Å². The van der Waals surface area contributed by atoms with Crippen molar-refractivity contribution < 1.29 is 9.53 Å². The summed E-state index contributed by atoms with van der Waals surface area (Å²) in [4.78, 5) is 11.6. The highest BCUT2D eigenvalue weighted by Gasteiger charge is 2.37. The molecule has 19 heavy (non-hydrogen) atoms. The summed E-state index contributed by atoms with van der Waals surface area (Å²) in [6, 6.07) is 0. The SMILES string of the molecule is C=C1C(=O)O[C@@H]2CCC/C=C/CCCCCCC[C@H]12. The van der Waals surface area contributed by atoms with E-state index in [0.29, 0.717) is 5.57 Å². The van der Waals surface area contributed by atoms with E-state index in [-0.39, 0.29) is 18.0 Å². The first-order valence-corrected chi connectivity index (χ1v) is 7.84. The summed E-state index contributed by atoms with van der Waals surface area (Å²) in [5.41, 5.74) is 0.715. The first kappa shape index (κ1) is 14.4. The second-order valence-electron chi connectivity index (χ2n) is 5.82. The van der Waals surface area contributed by atoms with Gasteiger partial charge in [0.05, 0.1) is 0 Å². The third-order valence-corrected chi connectivity index (χ3v) is 4.33. The van der Waals surface area contributed by atoms with Gasteiger partial charge in [0.25, 0.3) is 0 Å². The van der Waals surface area contributed by atoms with Gasteiger partial charge in [-0.3, -0.25) is 0 Å². The maximum Gasteiger partial charge on any atom is 0.334 e. The summed E-state index contributed by atoms with van der Waals surface area (Å²) in [6.45, 7) is 3.93. The number of hydrogen-bond donors (Lipinski definition) is 0. The second kappa shape index (κ2) is 7.52. The van der Waals surface area contributed by atoms with Crippen LogP contribution in [0.4, 0.5) is 0 Å². The van der Waals surface area contributed by atoms with Gasteiger partial charge in [0.15, 0.2) is 0 Å². The van der Waals surface area contributed by atoms with E-state index in [2.05, 4.69) is 18.7 Å². The van der Waals surface area contributed by atoms with Gasteiger partial charge < -0.3 is 4.74 Å². The summed E-state index contributed by atoms with van der Waals surface area (Å²) in [7, 11) is 0. The average Bonchev–Trinajstić information content (AvgIpc) is 2.67. The van der Waals surface area contributed by atoms with E-state index in [1.807, 2.05) is 0 Å². The molecule has 2 atom stereocenters. The van der Waals surface area contributed by atoms with Crippen molar-refractivity contribution in [2.24, 2.45) is 5.92 Å². The minimum absolute atomic E-state index is 0.0938. The molecule has 0 aromatic heterocycles. The summed E-state index contributed by atoms with van der Waals surface area (Å²) in [5, 5.41) is 0. The standard InChI is InChI=1S/C17H26O2/c1-14-15-12-10-8-6-4-2-3-5-7-9-11-13-16(15)19-17(14)18/h5,7,15-16H,1-4,6,8-13H2/b7-5+/t15-,16-/m1/s1. The Labute approximate surface area is 116 Å².